The van der Waals surface area contributed by atoms with Gasteiger partial charge in [-0.05, 0) is 65.9 Å². The first-order valence-corrected chi connectivity index (χ1v) is 9.86. The normalized spacial score (nSPS) is 48.2. The molecule has 3 saturated carbocycles. The Hall–Kier alpha value is -0.830. The number of rotatable bonds is 0. The Kier molecular flexibility index (Phi) is 3.53. The highest BCUT2D eigenvalue weighted by molar-refractivity contribution is 7.85. The van der Waals surface area contributed by atoms with Gasteiger partial charge < -0.3 is 0 Å². The largest absolute Gasteiger partial charge is 0.299 e. The molecule has 130 valence electrons. The molecule has 3 heteroatoms. The van der Waals surface area contributed by atoms with Gasteiger partial charge in [0.05, 0.1) is 4.91 Å². The van der Waals surface area contributed by atoms with E-state index in [1.165, 1.54) is 0 Å². The average molecular weight is 345 g/mol. The minimum absolute atomic E-state index is 0.00617. The first-order valence-electron chi connectivity index (χ1n) is 9.41. The Labute approximate surface area is 150 Å². The van der Waals surface area contributed by atoms with Gasteiger partial charge in [0.1, 0.15) is 5.78 Å². The van der Waals surface area contributed by atoms with Crippen LogP contribution in [0.4, 0.5) is 0 Å². The molecule has 4 aliphatic rings. The van der Waals surface area contributed by atoms with E-state index >= 15 is 0 Å². The molecule has 0 N–H and O–H groups in total. The van der Waals surface area contributed by atoms with E-state index in [1.807, 2.05) is 0 Å². The lowest BCUT2D eigenvalue weighted by Crippen LogP contribution is -2.54. The molecule has 0 aromatic heterocycles. The molecule has 0 heterocycles. The van der Waals surface area contributed by atoms with Gasteiger partial charge in [0.2, 0.25) is 0 Å². The molecule has 4 aliphatic carbocycles. The summed E-state index contributed by atoms with van der Waals surface area (Å²) in [5, 5.41) is 0. The van der Waals surface area contributed by atoms with Crippen LogP contribution in [-0.2, 0) is 9.59 Å². The molecule has 2 nitrogen and oxygen atoms in total. The molecular weight excluding hydrogens is 316 g/mol. The molecular formula is C21H28O2S. The summed E-state index contributed by atoms with van der Waals surface area (Å²) in [6.07, 6.45) is 5.40. The molecule has 0 radical (unpaired) electrons. The highest BCUT2D eigenvalue weighted by Crippen LogP contribution is 2.67. The summed E-state index contributed by atoms with van der Waals surface area (Å²) < 4.78 is 0. The average Bonchev–Trinajstić information content (AvgIpc) is 2.84. The van der Waals surface area contributed by atoms with Crippen molar-refractivity contribution in [3.8, 4) is 0 Å². The summed E-state index contributed by atoms with van der Waals surface area (Å²) in [6.45, 7) is 11.2. The zero-order valence-electron chi connectivity index (χ0n) is 15.0. The predicted octanol–water partition coefficient (Wildman–Crippen LogP) is 4.76. The third-order valence-corrected chi connectivity index (χ3v) is 8.72. The van der Waals surface area contributed by atoms with Gasteiger partial charge in [0, 0.05) is 18.3 Å². The van der Waals surface area contributed by atoms with Crippen LogP contribution in [0.3, 0.4) is 0 Å². The van der Waals surface area contributed by atoms with Gasteiger partial charge in [0.15, 0.2) is 5.78 Å². The van der Waals surface area contributed by atoms with Crippen molar-refractivity contribution in [3.05, 3.63) is 22.6 Å². The Bertz CT molecular complexity index is 690. The van der Waals surface area contributed by atoms with Crippen molar-refractivity contribution in [1.29, 1.82) is 0 Å². The fraction of sp³-hybridized carbons (Fsp3) is 0.714. The van der Waals surface area contributed by atoms with Crippen LogP contribution in [0.2, 0.25) is 0 Å². The van der Waals surface area contributed by atoms with Gasteiger partial charge in [-0.25, -0.2) is 0 Å². The van der Waals surface area contributed by atoms with Gasteiger partial charge in [-0.2, -0.15) is 0 Å². The molecule has 0 saturated heterocycles. The van der Waals surface area contributed by atoms with Crippen LogP contribution in [-0.4, -0.2) is 11.6 Å². The standard InChI is InChI=1S/C21H28O2S/c1-11-12(2)18-19(24)15(22)8-10-21(18,4)14-7-9-20(3)13(17(11)14)5-6-16(20)23/h11,13-14,17,24H,2,5-10H2,1,3-4H3/t11?,13-,14+,17-,20-,21+/m0/s1. The maximum atomic E-state index is 12.6. The molecule has 0 aliphatic heterocycles. The molecule has 1 unspecified atom stereocenters. The monoisotopic (exact) mass is 344 g/mol. The number of fused-ring (bicyclic) bond motifs is 5. The number of carbonyl (C=O) groups is 2. The number of ketones is 2. The van der Waals surface area contributed by atoms with Gasteiger partial charge in [-0.3, -0.25) is 9.59 Å². The van der Waals surface area contributed by atoms with Crippen LogP contribution in [0.5, 0.6) is 0 Å². The number of thiol groups is 1. The Morgan fingerprint density at radius 1 is 1.04 bits per heavy atom. The molecule has 3 fully saturated rings. The van der Waals surface area contributed by atoms with Crippen molar-refractivity contribution in [3.63, 3.8) is 0 Å². The van der Waals surface area contributed by atoms with E-state index in [9.17, 15) is 9.59 Å². The van der Waals surface area contributed by atoms with Gasteiger partial charge >= 0.3 is 0 Å². The third-order valence-electron chi connectivity index (χ3n) is 8.25. The first kappa shape index (κ1) is 16.6. The van der Waals surface area contributed by atoms with E-state index in [0.29, 0.717) is 40.8 Å². The quantitative estimate of drug-likeness (QED) is 0.643. The number of Topliss-reactive ketones (excluding diaryl/α,β-unsaturated/α-hetero) is 2. The zero-order valence-corrected chi connectivity index (χ0v) is 15.9. The SMILES string of the molecule is C=C1C2=C(S)C(=O)CC[C@]2(C)[C@@H]2CC[C@]3(C)C(=O)CC[C@H]3[C@@H]2C1C. The lowest BCUT2D eigenvalue weighted by Gasteiger charge is -2.60. The second kappa shape index (κ2) is 5.09. The highest BCUT2D eigenvalue weighted by Gasteiger charge is 2.61. The van der Waals surface area contributed by atoms with Crippen LogP contribution in [0.15, 0.2) is 22.6 Å². The molecule has 0 aromatic rings. The van der Waals surface area contributed by atoms with Crippen molar-refractivity contribution < 1.29 is 9.59 Å². The Morgan fingerprint density at radius 2 is 1.71 bits per heavy atom. The topological polar surface area (TPSA) is 34.1 Å². The molecule has 6 atom stereocenters. The predicted molar refractivity (Wildman–Crippen MR) is 98.7 cm³/mol. The van der Waals surface area contributed by atoms with Crippen LogP contribution in [0.1, 0.15) is 59.3 Å². The van der Waals surface area contributed by atoms with Crippen LogP contribution < -0.4 is 0 Å². The van der Waals surface area contributed by atoms with Crippen molar-refractivity contribution in [1.82, 2.24) is 0 Å². The Balaban J connectivity index is 1.84. The van der Waals surface area contributed by atoms with Gasteiger partial charge in [-0.1, -0.05) is 27.4 Å². The molecule has 0 aromatic carbocycles. The molecule has 0 amide bonds. The third kappa shape index (κ3) is 1.85. The van der Waals surface area contributed by atoms with Crippen molar-refractivity contribution in [2.75, 3.05) is 0 Å². The van der Waals surface area contributed by atoms with Crippen molar-refractivity contribution in [2.24, 2.45) is 34.5 Å². The van der Waals surface area contributed by atoms with Crippen LogP contribution >= 0.6 is 12.6 Å². The Morgan fingerprint density at radius 3 is 2.42 bits per heavy atom. The van der Waals surface area contributed by atoms with E-state index in [4.69, 9.17) is 0 Å². The van der Waals surface area contributed by atoms with E-state index in [-0.39, 0.29) is 16.6 Å². The number of carbonyl (C=O) groups excluding carboxylic acids is 2. The van der Waals surface area contributed by atoms with E-state index in [1.54, 1.807) is 0 Å². The van der Waals surface area contributed by atoms with Crippen LogP contribution in [0.25, 0.3) is 0 Å². The summed E-state index contributed by atoms with van der Waals surface area (Å²) in [5.41, 5.74) is 2.14. The smallest absolute Gasteiger partial charge is 0.169 e. The highest BCUT2D eigenvalue weighted by atomic mass is 32.1. The summed E-state index contributed by atoms with van der Waals surface area (Å²) in [6, 6.07) is 0. The lowest BCUT2D eigenvalue weighted by atomic mass is 9.44. The summed E-state index contributed by atoms with van der Waals surface area (Å²) in [5.74, 6) is 2.53. The molecule has 4 rings (SSSR count). The minimum atomic E-state index is -0.123. The van der Waals surface area contributed by atoms with E-state index in [2.05, 4.69) is 40.0 Å². The van der Waals surface area contributed by atoms with Crippen molar-refractivity contribution in [2.45, 2.75) is 59.3 Å². The van der Waals surface area contributed by atoms with Crippen molar-refractivity contribution >= 4 is 24.2 Å². The second-order valence-corrected chi connectivity index (χ2v) is 9.53. The molecule has 24 heavy (non-hydrogen) atoms. The number of allylic oxidation sites excluding steroid dienone is 2. The van der Waals surface area contributed by atoms with E-state index < -0.39 is 0 Å². The summed E-state index contributed by atoms with van der Waals surface area (Å²) in [4.78, 5) is 25.5. The number of hydrogen-bond acceptors (Lipinski definition) is 3. The maximum absolute atomic E-state index is 12.6. The molecule has 0 spiro atoms. The lowest BCUT2D eigenvalue weighted by molar-refractivity contribution is -0.133. The zero-order chi connectivity index (χ0) is 17.4. The second-order valence-electron chi connectivity index (χ2n) is 9.09. The number of hydrogen-bond donors (Lipinski definition) is 1. The van der Waals surface area contributed by atoms with Gasteiger partial charge in [0.25, 0.3) is 0 Å². The summed E-state index contributed by atoms with van der Waals surface area (Å²) >= 11 is 4.61. The molecule has 0 bridgehead atoms. The summed E-state index contributed by atoms with van der Waals surface area (Å²) in [7, 11) is 0. The van der Waals surface area contributed by atoms with E-state index in [0.717, 1.165) is 43.3 Å². The fourth-order valence-electron chi connectivity index (χ4n) is 6.78. The van der Waals surface area contributed by atoms with Gasteiger partial charge in [-0.15, -0.1) is 12.6 Å². The minimum Gasteiger partial charge on any atom is -0.299 e. The van der Waals surface area contributed by atoms with Crippen LogP contribution in [0, 0.1) is 34.5 Å². The first-order chi connectivity index (χ1) is 11.2. The fourth-order valence-corrected chi connectivity index (χ4v) is 7.29. The maximum Gasteiger partial charge on any atom is 0.169 e.